The van der Waals surface area contributed by atoms with E-state index < -0.39 is 29.7 Å². The first-order chi connectivity index (χ1) is 19.7. The van der Waals surface area contributed by atoms with E-state index in [1.807, 2.05) is 18.2 Å². The van der Waals surface area contributed by atoms with Gasteiger partial charge in [0, 0.05) is 43.4 Å². The molecule has 0 saturated heterocycles. The molecule has 3 aromatic carbocycles. The van der Waals surface area contributed by atoms with E-state index in [4.69, 9.17) is 12.2 Å². The van der Waals surface area contributed by atoms with E-state index in [0.29, 0.717) is 22.7 Å². The summed E-state index contributed by atoms with van der Waals surface area (Å²) in [7, 11) is 0. The van der Waals surface area contributed by atoms with Crippen LogP contribution in [0.5, 0.6) is 0 Å². The van der Waals surface area contributed by atoms with Crippen LogP contribution in [0.15, 0.2) is 66.7 Å². The number of aryl methyl sites for hydroxylation is 1. The van der Waals surface area contributed by atoms with Gasteiger partial charge in [-0.15, -0.1) is 0 Å². The number of thiocarbonyl (C=S) groups is 1. The Kier molecular flexibility index (Phi) is 12.8. The topological polar surface area (TPSA) is 64.6 Å². The molecule has 8 heteroatoms. The van der Waals surface area contributed by atoms with Crippen LogP contribution in [0.2, 0.25) is 0 Å². The smallest absolute Gasteiger partial charge is 0.251 e. The molecule has 0 radical (unpaired) electrons. The molecule has 0 aliphatic rings. The van der Waals surface area contributed by atoms with Crippen LogP contribution in [-0.2, 0) is 19.4 Å². The van der Waals surface area contributed by atoms with Gasteiger partial charge in [0.05, 0.1) is 12.1 Å². The van der Waals surface area contributed by atoms with Crippen LogP contribution in [0, 0.1) is 11.6 Å². The molecule has 2 atom stereocenters. The van der Waals surface area contributed by atoms with Gasteiger partial charge in [0.2, 0.25) is 0 Å². The third-order valence-corrected chi connectivity index (χ3v) is 7.38. The number of aliphatic hydroxyl groups excluding tert-OH is 1. The Labute approximate surface area is 248 Å². The van der Waals surface area contributed by atoms with E-state index in [9.17, 15) is 18.7 Å². The second-order valence-electron chi connectivity index (χ2n) is 10.3. The lowest BCUT2D eigenvalue weighted by Gasteiger charge is -2.26. The Morgan fingerprint density at radius 2 is 1.51 bits per heavy atom. The quantitative estimate of drug-likeness (QED) is 0.198. The van der Waals surface area contributed by atoms with Crippen molar-refractivity contribution in [3.63, 3.8) is 0 Å². The van der Waals surface area contributed by atoms with Crippen LogP contribution in [0.1, 0.15) is 66.2 Å². The third kappa shape index (κ3) is 9.99. The molecule has 41 heavy (non-hydrogen) atoms. The largest absolute Gasteiger partial charge is 0.390 e. The molecule has 220 valence electrons. The molecular formula is C33H41F2N3O2S. The van der Waals surface area contributed by atoms with Gasteiger partial charge in [-0.05, 0) is 66.6 Å². The maximum Gasteiger partial charge on any atom is 0.251 e. The lowest BCUT2D eigenvalue weighted by Crippen LogP contribution is -2.48. The number of carbonyl (C=O) groups excluding carboxylic acids is 1. The first-order valence-electron chi connectivity index (χ1n) is 14.4. The lowest BCUT2D eigenvalue weighted by molar-refractivity contribution is 0.0830. The van der Waals surface area contributed by atoms with Crippen molar-refractivity contribution >= 4 is 23.1 Å². The Morgan fingerprint density at radius 1 is 0.878 bits per heavy atom. The van der Waals surface area contributed by atoms with Gasteiger partial charge in [-0.2, -0.15) is 0 Å². The zero-order valence-electron chi connectivity index (χ0n) is 24.1. The van der Waals surface area contributed by atoms with E-state index in [2.05, 4.69) is 48.4 Å². The molecule has 0 aliphatic heterocycles. The summed E-state index contributed by atoms with van der Waals surface area (Å²) in [5.41, 5.74) is 3.81. The van der Waals surface area contributed by atoms with Crippen molar-refractivity contribution in [1.82, 2.24) is 15.5 Å². The highest BCUT2D eigenvalue weighted by Gasteiger charge is 2.23. The summed E-state index contributed by atoms with van der Waals surface area (Å²) in [6.45, 7) is 8.66. The van der Waals surface area contributed by atoms with Gasteiger partial charge in [-0.3, -0.25) is 4.79 Å². The van der Waals surface area contributed by atoms with Crippen molar-refractivity contribution in [1.29, 1.82) is 0 Å². The molecule has 0 spiro atoms. The van der Waals surface area contributed by atoms with Crippen molar-refractivity contribution in [2.75, 3.05) is 19.6 Å². The molecule has 3 N–H and O–H groups in total. The molecule has 1 amide bonds. The minimum atomic E-state index is -1.02. The average Bonchev–Trinajstić information content (AvgIpc) is 2.96. The molecule has 0 aliphatic carbocycles. The molecule has 0 unspecified atom stereocenters. The Balaban J connectivity index is 1.76. The minimum Gasteiger partial charge on any atom is -0.390 e. The van der Waals surface area contributed by atoms with Crippen molar-refractivity contribution in [3.8, 4) is 0 Å². The molecule has 3 aromatic rings. The van der Waals surface area contributed by atoms with Gasteiger partial charge in [0.1, 0.15) is 16.6 Å². The standard InChI is InChI=1S/C33H41F2N3O2S/c1-4-13-38(14-5-2)33(41)27-12-8-11-26(19-27)32(40)37-30(18-25-16-28(34)20-29(35)17-25)31(39)22-36-21-24-10-7-9-23(6-3)15-24/h7-12,15-17,19-20,30-31,36,39H,4-6,13-14,18,21-22H2,1-3H3,(H,37,40)/t30-,31-/m0/s1. The predicted octanol–water partition coefficient (Wildman–Crippen LogP) is 5.82. The predicted molar refractivity (Wildman–Crippen MR) is 165 cm³/mol. The zero-order chi connectivity index (χ0) is 29.8. The van der Waals surface area contributed by atoms with Gasteiger partial charge in [0.25, 0.3) is 5.91 Å². The van der Waals surface area contributed by atoms with Crippen molar-refractivity contribution in [2.45, 2.75) is 65.1 Å². The van der Waals surface area contributed by atoms with E-state index in [1.54, 1.807) is 18.2 Å². The molecular weight excluding hydrogens is 540 g/mol. The minimum absolute atomic E-state index is 0.0491. The highest BCUT2D eigenvalue weighted by atomic mass is 32.1. The van der Waals surface area contributed by atoms with Gasteiger partial charge in [-0.1, -0.05) is 69.4 Å². The Morgan fingerprint density at radius 3 is 2.17 bits per heavy atom. The van der Waals surface area contributed by atoms with Gasteiger partial charge in [0.15, 0.2) is 0 Å². The van der Waals surface area contributed by atoms with E-state index in [1.165, 1.54) is 17.7 Å². The first-order valence-corrected chi connectivity index (χ1v) is 14.8. The zero-order valence-corrected chi connectivity index (χ0v) is 24.9. The molecule has 0 fully saturated rings. The number of nitrogens with one attached hydrogen (secondary N) is 2. The second kappa shape index (κ2) is 16.3. The Hall–Kier alpha value is -3.20. The van der Waals surface area contributed by atoms with Crippen molar-refractivity contribution < 1.29 is 18.7 Å². The van der Waals surface area contributed by atoms with Crippen molar-refractivity contribution in [3.05, 3.63) is 106 Å². The SMILES string of the molecule is CCCN(CCC)C(=S)c1cccc(C(=O)N[C@@H](Cc2cc(F)cc(F)c2)[C@@H](O)CNCc2cccc(CC)c2)c1. The number of carbonyl (C=O) groups is 1. The number of benzene rings is 3. The molecule has 0 bridgehead atoms. The monoisotopic (exact) mass is 581 g/mol. The van der Waals surface area contributed by atoms with Crippen LogP contribution in [-0.4, -0.2) is 52.7 Å². The Bertz CT molecular complexity index is 1280. The summed E-state index contributed by atoms with van der Waals surface area (Å²) in [5, 5.41) is 17.3. The maximum absolute atomic E-state index is 13.9. The highest BCUT2D eigenvalue weighted by Crippen LogP contribution is 2.15. The summed E-state index contributed by atoms with van der Waals surface area (Å²) in [6.07, 6.45) is 1.87. The summed E-state index contributed by atoms with van der Waals surface area (Å²) < 4.78 is 27.9. The van der Waals surface area contributed by atoms with Crippen LogP contribution >= 0.6 is 12.2 Å². The fourth-order valence-corrected chi connectivity index (χ4v) is 5.12. The van der Waals surface area contributed by atoms with Crippen LogP contribution < -0.4 is 10.6 Å². The fraction of sp³-hybridized carbons (Fsp3) is 0.394. The number of aliphatic hydroxyl groups is 1. The third-order valence-electron chi connectivity index (χ3n) is 6.89. The first kappa shape index (κ1) is 32.3. The number of hydrogen-bond donors (Lipinski definition) is 3. The van der Waals surface area contributed by atoms with Gasteiger partial charge >= 0.3 is 0 Å². The molecule has 0 saturated carbocycles. The number of halogens is 2. The second-order valence-corrected chi connectivity index (χ2v) is 10.7. The molecule has 5 nitrogen and oxygen atoms in total. The summed E-state index contributed by atoms with van der Waals surface area (Å²) in [5.74, 6) is -1.82. The number of rotatable bonds is 15. The van der Waals surface area contributed by atoms with E-state index >= 15 is 0 Å². The average molecular weight is 582 g/mol. The van der Waals surface area contributed by atoms with Crippen molar-refractivity contribution in [2.24, 2.45) is 0 Å². The summed E-state index contributed by atoms with van der Waals surface area (Å²) in [6, 6.07) is 17.7. The lowest BCUT2D eigenvalue weighted by atomic mass is 9.99. The summed E-state index contributed by atoms with van der Waals surface area (Å²) >= 11 is 5.74. The normalized spacial score (nSPS) is 12.5. The highest BCUT2D eigenvalue weighted by molar-refractivity contribution is 7.80. The van der Waals surface area contributed by atoms with Crippen LogP contribution in [0.3, 0.4) is 0 Å². The number of amides is 1. The number of nitrogens with zero attached hydrogens (tertiary/aromatic N) is 1. The molecule has 0 aromatic heterocycles. The van der Waals surface area contributed by atoms with Gasteiger partial charge in [-0.25, -0.2) is 8.78 Å². The van der Waals surface area contributed by atoms with Gasteiger partial charge < -0.3 is 20.6 Å². The summed E-state index contributed by atoms with van der Waals surface area (Å²) in [4.78, 5) is 16.2. The van der Waals surface area contributed by atoms with Crippen LogP contribution in [0.4, 0.5) is 8.78 Å². The van der Waals surface area contributed by atoms with Crippen LogP contribution in [0.25, 0.3) is 0 Å². The molecule has 0 heterocycles. The maximum atomic E-state index is 13.9. The van der Waals surface area contributed by atoms with E-state index in [0.717, 1.165) is 49.5 Å². The molecule has 3 rings (SSSR count). The fourth-order valence-electron chi connectivity index (χ4n) is 4.81. The van der Waals surface area contributed by atoms with E-state index in [-0.39, 0.29) is 13.0 Å². The number of hydrogen-bond acceptors (Lipinski definition) is 4.